The summed E-state index contributed by atoms with van der Waals surface area (Å²) in [6.45, 7) is 0.473. The average molecular weight is 275 g/mol. The molecule has 0 aromatic heterocycles. The molecule has 1 aliphatic rings. The van der Waals surface area contributed by atoms with Gasteiger partial charge < -0.3 is 10.6 Å². The molecule has 1 aromatic carbocycles. The van der Waals surface area contributed by atoms with E-state index in [-0.39, 0.29) is 17.1 Å². The minimum absolute atomic E-state index is 0.00380. The lowest BCUT2D eigenvalue weighted by molar-refractivity contribution is -0.124. The van der Waals surface area contributed by atoms with E-state index in [1.807, 2.05) is 0 Å². The molecule has 1 aromatic rings. The Kier molecular flexibility index (Phi) is 4.14. The number of carbonyl (C=O) groups excluding carboxylic acids is 1. The van der Waals surface area contributed by atoms with Crippen LogP contribution in [0.4, 0.5) is 8.78 Å². The molecule has 3 nitrogen and oxygen atoms in total. The molecular formula is C12H13ClF2N2O. The third kappa shape index (κ3) is 2.79. The monoisotopic (exact) mass is 274 g/mol. The summed E-state index contributed by atoms with van der Waals surface area (Å²) in [4.78, 5) is 11.7. The minimum atomic E-state index is -1.19. The summed E-state index contributed by atoms with van der Waals surface area (Å²) in [5, 5.41) is 5.26. The molecule has 1 heterocycles. The molecule has 18 heavy (non-hydrogen) atoms. The normalized spacial score (nSPS) is 23.1. The summed E-state index contributed by atoms with van der Waals surface area (Å²) in [7, 11) is 0. The van der Waals surface area contributed by atoms with Crippen LogP contribution >= 0.6 is 11.6 Å². The number of alkyl halides is 1. The number of hydrogen-bond acceptors (Lipinski definition) is 2. The highest BCUT2D eigenvalue weighted by Gasteiger charge is 2.32. The topological polar surface area (TPSA) is 41.1 Å². The van der Waals surface area contributed by atoms with Crippen LogP contribution in [0.1, 0.15) is 12.0 Å². The van der Waals surface area contributed by atoms with Crippen molar-refractivity contribution in [1.82, 2.24) is 10.6 Å². The van der Waals surface area contributed by atoms with E-state index in [0.29, 0.717) is 13.0 Å². The molecule has 2 atom stereocenters. The Balaban J connectivity index is 1.95. The predicted octanol–water partition coefficient (Wildman–Crippen LogP) is 1.80. The van der Waals surface area contributed by atoms with Crippen LogP contribution in [0.3, 0.4) is 0 Å². The van der Waals surface area contributed by atoms with Gasteiger partial charge in [0, 0.05) is 12.1 Å². The highest BCUT2D eigenvalue weighted by atomic mass is 35.5. The van der Waals surface area contributed by atoms with E-state index in [1.165, 1.54) is 12.1 Å². The second-order valence-electron chi connectivity index (χ2n) is 4.17. The molecule has 2 rings (SSSR count). The first-order chi connectivity index (χ1) is 8.59. The third-order valence-corrected chi connectivity index (χ3v) is 3.21. The predicted molar refractivity (Wildman–Crippen MR) is 64.6 cm³/mol. The van der Waals surface area contributed by atoms with E-state index in [4.69, 9.17) is 11.6 Å². The molecule has 0 spiro atoms. The second-order valence-corrected chi connectivity index (χ2v) is 4.57. The first-order valence-electron chi connectivity index (χ1n) is 5.67. The summed E-state index contributed by atoms with van der Waals surface area (Å²) in [5.74, 6) is -1.02. The minimum Gasteiger partial charge on any atom is -0.350 e. The van der Waals surface area contributed by atoms with E-state index >= 15 is 0 Å². The fourth-order valence-corrected chi connectivity index (χ4v) is 2.10. The van der Waals surface area contributed by atoms with E-state index in [0.717, 1.165) is 0 Å². The van der Waals surface area contributed by atoms with Crippen molar-refractivity contribution in [3.63, 3.8) is 0 Å². The van der Waals surface area contributed by atoms with Gasteiger partial charge in [0.05, 0.1) is 5.02 Å². The molecule has 1 amide bonds. The highest BCUT2D eigenvalue weighted by Crippen LogP contribution is 2.18. The molecule has 98 valence electrons. The number of halogens is 3. The Morgan fingerprint density at radius 2 is 2.33 bits per heavy atom. The fraction of sp³-hybridized carbons (Fsp3) is 0.417. The standard InChI is InChI=1S/C12H13ClF2N2O/c13-8-3-1-2-7(10(8)15)6-17-12(18)11-9(14)4-5-16-11/h1-3,9,11,16H,4-6H2,(H,17,18)/t9-,11+/m1/s1. The molecule has 6 heteroatoms. The van der Waals surface area contributed by atoms with Gasteiger partial charge in [-0.25, -0.2) is 8.78 Å². The lowest BCUT2D eigenvalue weighted by atomic mass is 10.1. The summed E-state index contributed by atoms with van der Waals surface area (Å²) in [6.07, 6.45) is -0.863. The smallest absolute Gasteiger partial charge is 0.240 e. The molecule has 0 unspecified atom stereocenters. The number of rotatable bonds is 3. The molecule has 0 bridgehead atoms. The largest absolute Gasteiger partial charge is 0.350 e. The number of benzene rings is 1. The Hall–Kier alpha value is -1.20. The van der Waals surface area contributed by atoms with Crippen LogP contribution in [0.25, 0.3) is 0 Å². The first-order valence-corrected chi connectivity index (χ1v) is 6.05. The van der Waals surface area contributed by atoms with Crippen LogP contribution in [0.15, 0.2) is 18.2 Å². The second kappa shape index (κ2) is 5.63. The third-order valence-electron chi connectivity index (χ3n) is 2.91. The van der Waals surface area contributed by atoms with Gasteiger partial charge in [-0.3, -0.25) is 4.79 Å². The average Bonchev–Trinajstić information content (AvgIpc) is 2.77. The molecule has 0 aliphatic carbocycles. The lowest BCUT2D eigenvalue weighted by Gasteiger charge is -2.13. The van der Waals surface area contributed by atoms with Crippen molar-refractivity contribution in [3.8, 4) is 0 Å². The Morgan fingerprint density at radius 1 is 1.56 bits per heavy atom. The number of nitrogens with one attached hydrogen (secondary N) is 2. The van der Waals surface area contributed by atoms with Gasteiger partial charge in [0.25, 0.3) is 0 Å². The van der Waals surface area contributed by atoms with E-state index in [9.17, 15) is 13.6 Å². The zero-order valence-electron chi connectivity index (χ0n) is 9.55. The summed E-state index contributed by atoms with van der Waals surface area (Å²) < 4.78 is 26.8. The van der Waals surface area contributed by atoms with Crippen LogP contribution in [0.2, 0.25) is 5.02 Å². The molecule has 1 fully saturated rings. The SMILES string of the molecule is O=C(NCc1cccc(Cl)c1F)[C@H]1NCC[C@H]1F. The maximum Gasteiger partial charge on any atom is 0.240 e. The molecule has 0 saturated carbocycles. The van der Waals surface area contributed by atoms with E-state index < -0.39 is 23.9 Å². The molecular weight excluding hydrogens is 262 g/mol. The van der Waals surface area contributed by atoms with Crippen molar-refractivity contribution in [2.24, 2.45) is 0 Å². The van der Waals surface area contributed by atoms with Crippen LogP contribution in [0.5, 0.6) is 0 Å². The number of hydrogen-bond donors (Lipinski definition) is 2. The van der Waals surface area contributed by atoms with Crippen LogP contribution in [-0.2, 0) is 11.3 Å². The van der Waals surface area contributed by atoms with Gasteiger partial charge in [-0.2, -0.15) is 0 Å². The maximum atomic E-state index is 13.5. The van der Waals surface area contributed by atoms with Crippen LogP contribution in [0, 0.1) is 5.82 Å². The van der Waals surface area contributed by atoms with Crippen molar-refractivity contribution in [2.45, 2.75) is 25.2 Å². The molecule has 2 N–H and O–H groups in total. The van der Waals surface area contributed by atoms with Crippen LogP contribution in [-0.4, -0.2) is 24.7 Å². The number of carbonyl (C=O) groups is 1. The Labute approximate surface area is 109 Å². The molecule has 1 saturated heterocycles. The molecule has 0 radical (unpaired) electrons. The first kappa shape index (κ1) is 13.2. The molecule has 1 aliphatic heterocycles. The van der Waals surface area contributed by atoms with Gasteiger partial charge in [-0.05, 0) is 19.0 Å². The Bertz CT molecular complexity index is 456. The fourth-order valence-electron chi connectivity index (χ4n) is 1.91. The van der Waals surface area contributed by atoms with Gasteiger partial charge in [-0.1, -0.05) is 23.7 Å². The van der Waals surface area contributed by atoms with Gasteiger partial charge in [-0.15, -0.1) is 0 Å². The zero-order valence-corrected chi connectivity index (χ0v) is 10.3. The van der Waals surface area contributed by atoms with E-state index in [2.05, 4.69) is 10.6 Å². The van der Waals surface area contributed by atoms with E-state index in [1.54, 1.807) is 6.07 Å². The lowest BCUT2D eigenvalue weighted by Crippen LogP contribution is -2.44. The van der Waals surface area contributed by atoms with Crippen LogP contribution < -0.4 is 10.6 Å². The van der Waals surface area contributed by atoms with Crippen molar-refractivity contribution in [3.05, 3.63) is 34.6 Å². The summed E-state index contributed by atoms with van der Waals surface area (Å²) >= 11 is 5.62. The van der Waals surface area contributed by atoms with Gasteiger partial charge in [0.1, 0.15) is 18.0 Å². The van der Waals surface area contributed by atoms with Gasteiger partial charge in [0.15, 0.2) is 0 Å². The van der Waals surface area contributed by atoms with Crippen molar-refractivity contribution in [2.75, 3.05) is 6.54 Å². The van der Waals surface area contributed by atoms with Gasteiger partial charge in [0.2, 0.25) is 5.91 Å². The quantitative estimate of drug-likeness (QED) is 0.882. The summed E-state index contributed by atoms with van der Waals surface area (Å²) in [5.41, 5.74) is 0.282. The van der Waals surface area contributed by atoms with Gasteiger partial charge >= 0.3 is 0 Å². The van der Waals surface area contributed by atoms with Crippen molar-refractivity contribution >= 4 is 17.5 Å². The zero-order chi connectivity index (χ0) is 13.1. The highest BCUT2D eigenvalue weighted by molar-refractivity contribution is 6.30. The van der Waals surface area contributed by atoms with Crippen molar-refractivity contribution < 1.29 is 13.6 Å². The summed E-state index contributed by atoms with van der Waals surface area (Å²) in [6, 6.07) is 3.71. The Morgan fingerprint density at radius 3 is 3.00 bits per heavy atom. The number of amides is 1. The van der Waals surface area contributed by atoms with Crippen molar-refractivity contribution in [1.29, 1.82) is 0 Å². The maximum absolute atomic E-state index is 13.5.